The molecule has 2 aromatic heterocycles. The van der Waals surface area contributed by atoms with E-state index in [1.165, 1.54) is 17.0 Å². The second-order valence-electron chi connectivity index (χ2n) is 8.84. The van der Waals surface area contributed by atoms with Gasteiger partial charge in [-0.25, -0.2) is 0 Å². The molecule has 0 spiro atoms. The summed E-state index contributed by atoms with van der Waals surface area (Å²) < 4.78 is 7.66. The monoisotopic (exact) mass is 463 g/mol. The van der Waals surface area contributed by atoms with E-state index in [0.29, 0.717) is 0 Å². The number of rotatable bonds is 8. The van der Waals surface area contributed by atoms with E-state index in [1.54, 1.807) is 7.11 Å². The van der Waals surface area contributed by atoms with Crippen LogP contribution in [0.5, 0.6) is 5.75 Å². The number of ether oxygens (including phenoxy) is 1. The predicted octanol–water partition coefficient (Wildman–Crippen LogP) is 4.42. The van der Waals surface area contributed by atoms with E-state index in [4.69, 9.17) is 17.0 Å². The Morgan fingerprint density at radius 1 is 1.12 bits per heavy atom. The first-order valence-electron chi connectivity index (χ1n) is 11.4. The summed E-state index contributed by atoms with van der Waals surface area (Å²) in [6, 6.07) is 16.7. The van der Waals surface area contributed by atoms with Crippen molar-refractivity contribution in [2.75, 3.05) is 34.3 Å². The van der Waals surface area contributed by atoms with Crippen LogP contribution in [0.25, 0.3) is 5.69 Å². The molecule has 7 heteroatoms. The third kappa shape index (κ3) is 4.75. The van der Waals surface area contributed by atoms with Crippen molar-refractivity contribution < 1.29 is 4.74 Å². The molecule has 0 bridgehead atoms. The zero-order chi connectivity index (χ0) is 23.5. The first kappa shape index (κ1) is 23.3. The molecule has 0 radical (unpaired) electrons. The number of hydrogen-bond donors (Lipinski definition) is 1. The Bertz CT molecular complexity index is 1090. The van der Waals surface area contributed by atoms with Gasteiger partial charge in [0.1, 0.15) is 5.75 Å². The number of aryl methyl sites for hydroxylation is 1. The van der Waals surface area contributed by atoms with Crippen LogP contribution in [0.1, 0.15) is 41.1 Å². The van der Waals surface area contributed by atoms with Crippen molar-refractivity contribution in [2.45, 2.75) is 32.4 Å². The summed E-state index contributed by atoms with van der Waals surface area (Å²) in [7, 11) is 5.91. The molecule has 1 aromatic carbocycles. The van der Waals surface area contributed by atoms with Gasteiger partial charge < -0.3 is 24.4 Å². The second-order valence-corrected chi connectivity index (χ2v) is 9.22. The van der Waals surface area contributed by atoms with Crippen LogP contribution in [0.4, 0.5) is 0 Å². The predicted molar refractivity (Wildman–Crippen MR) is 137 cm³/mol. The number of thiocarbonyl (C=S) groups is 1. The van der Waals surface area contributed by atoms with Gasteiger partial charge >= 0.3 is 0 Å². The summed E-state index contributed by atoms with van der Waals surface area (Å²) >= 11 is 5.83. The fourth-order valence-electron chi connectivity index (χ4n) is 4.76. The second kappa shape index (κ2) is 9.93. The number of benzene rings is 1. The standard InChI is InChI=1S/C26H33N5OS/c1-18-17-22(19(2)31(18)20-10-12-21(32-5)13-11-20)25-24(23-9-6-7-14-27-23)28-26(33)30(25)16-8-15-29(3)4/h6-7,9-14,17,24-25H,8,15-16H2,1-5H3,(H,28,33)/t24-,25+/m1/s1. The van der Waals surface area contributed by atoms with Gasteiger partial charge in [-0.1, -0.05) is 6.07 Å². The van der Waals surface area contributed by atoms with E-state index < -0.39 is 0 Å². The van der Waals surface area contributed by atoms with Crippen molar-refractivity contribution in [3.05, 3.63) is 77.4 Å². The van der Waals surface area contributed by atoms with Gasteiger partial charge in [0.2, 0.25) is 0 Å². The van der Waals surface area contributed by atoms with Crippen molar-refractivity contribution in [1.29, 1.82) is 0 Å². The van der Waals surface area contributed by atoms with E-state index >= 15 is 0 Å². The molecule has 3 heterocycles. The van der Waals surface area contributed by atoms with Gasteiger partial charge in [0, 0.05) is 29.8 Å². The first-order valence-corrected chi connectivity index (χ1v) is 11.8. The molecule has 4 rings (SSSR count). The average Bonchev–Trinajstić information content (AvgIpc) is 3.29. The molecule has 6 nitrogen and oxygen atoms in total. The highest BCUT2D eigenvalue weighted by Gasteiger charge is 2.41. The lowest BCUT2D eigenvalue weighted by Crippen LogP contribution is -2.32. The fourth-order valence-corrected chi connectivity index (χ4v) is 5.09. The van der Waals surface area contributed by atoms with Gasteiger partial charge in [-0.05, 0) is 101 Å². The van der Waals surface area contributed by atoms with Crippen molar-refractivity contribution in [3.8, 4) is 11.4 Å². The molecule has 0 unspecified atom stereocenters. The Morgan fingerprint density at radius 3 is 2.52 bits per heavy atom. The summed E-state index contributed by atoms with van der Waals surface area (Å²) in [6.45, 7) is 6.27. The summed E-state index contributed by atoms with van der Waals surface area (Å²) in [4.78, 5) is 9.23. The van der Waals surface area contributed by atoms with Crippen LogP contribution >= 0.6 is 12.2 Å². The van der Waals surface area contributed by atoms with Crippen molar-refractivity contribution in [2.24, 2.45) is 0 Å². The lowest BCUT2D eigenvalue weighted by molar-refractivity contribution is 0.292. The average molecular weight is 464 g/mol. The van der Waals surface area contributed by atoms with Crippen LogP contribution in [0.15, 0.2) is 54.7 Å². The molecule has 0 saturated carbocycles. The van der Waals surface area contributed by atoms with Gasteiger partial charge in [0.25, 0.3) is 0 Å². The van der Waals surface area contributed by atoms with Crippen molar-refractivity contribution in [1.82, 2.24) is 24.7 Å². The number of aromatic nitrogens is 2. The molecule has 1 aliphatic rings. The van der Waals surface area contributed by atoms with Gasteiger partial charge in [-0.15, -0.1) is 0 Å². The molecule has 1 aliphatic heterocycles. The molecular weight excluding hydrogens is 430 g/mol. The van der Waals surface area contributed by atoms with Gasteiger partial charge in [0.15, 0.2) is 5.11 Å². The van der Waals surface area contributed by atoms with Crippen molar-refractivity contribution in [3.63, 3.8) is 0 Å². The SMILES string of the molecule is COc1ccc(-n2c(C)cc([C@H]3[C@@H](c4ccccn4)NC(=S)N3CCCN(C)C)c2C)cc1. The Hall–Kier alpha value is -2.90. The van der Waals surface area contributed by atoms with Crippen LogP contribution in [0.3, 0.4) is 0 Å². The molecular formula is C26H33N5OS. The Kier molecular flexibility index (Phi) is 7.00. The molecule has 174 valence electrons. The van der Waals surface area contributed by atoms with Crippen molar-refractivity contribution >= 4 is 17.3 Å². The lowest BCUT2D eigenvalue weighted by atomic mass is 9.96. The maximum Gasteiger partial charge on any atom is 0.170 e. The maximum atomic E-state index is 5.83. The molecule has 1 fully saturated rings. The van der Waals surface area contributed by atoms with Crippen LogP contribution in [-0.4, -0.2) is 58.8 Å². The largest absolute Gasteiger partial charge is 0.497 e. The van der Waals surface area contributed by atoms with Gasteiger partial charge in [0.05, 0.1) is 24.9 Å². The number of nitrogens with one attached hydrogen (secondary N) is 1. The third-order valence-electron chi connectivity index (χ3n) is 6.32. The quantitative estimate of drug-likeness (QED) is 0.499. The van der Waals surface area contributed by atoms with E-state index in [2.05, 4.69) is 76.9 Å². The first-order chi connectivity index (χ1) is 15.9. The minimum absolute atomic E-state index is 0.00266. The Balaban J connectivity index is 1.75. The maximum absolute atomic E-state index is 5.83. The molecule has 1 saturated heterocycles. The van der Waals surface area contributed by atoms with Crippen LogP contribution < -0.4 is 10.1 Å². The zero-order valence-electron chi connectivity index (χ0n) is 20.1. The Morgan fingerprint density at radius 2 is 1.88 bits per heavy atom. The van der Waals surface area contributed by atoms with E-state index in [0.717, 1.165) is 41.8 Å². The summed E-state index contributed by atoms with van der Waals surface area (Å²) in [5.74, 6) is 0.856. The highest BCUT2D eigenvalue weighted by molar-refractivity contribution is 7.80. The van der Waals surface area contributed by atoms with Gasteiger partial charge in [-0.2, -0.15) is 0 Å². The number of nitrogens with zero attached hydrogens (tertiary/aromatic N) is 4. The van der Waals surface area contributed by atoms with Gasteiger partial charge in [-0.3, -0.25) is 4.98 Å². The molecule has 1 N–H and O–H groups in total. The molecule has 2 atom stereocenters. The van der Waals surface area contributed by atoms with E-state index in [9.17, 15) is 0 Å². The van der Waals surface area contributed by atoms with E-state index in [-0.39, 0.29) is 12.1 Å². The van der Waals surface area contributed by atoms with Crippen LogP contribution in [-0.2, 0) is 0 Å². The summed E-state index contributed by atoms with van der Waals surface area (Å²) in [6.07, 6.45) is 2.89. The number of hydrogen-bond acceptors (Lipinski definition) is 4. The third-order valence-corrected chi connectivity index (χ3v) is 6.67. The molecule has 33 heavy (non-hydrogen) atoms. The summed E-state index contributed by atoms with van der Waals surface area (Å²) in [5, 5.41) is 4.37. The zero-order valence-corrected chi connectivity index (χ0v) is 20.9. The number of methoxy groups -OCH3 is 1. The molecule has 0 amide bonds. The lowest BCUT2D eigenvalue weighted by Gasteiger charge is -2.28. The minimum Gasteiger partial charge on any atom is -0.497 e. The fraction of sp³-hybridized carbons (Fsp3) is 0.385. The molecule has 0 aliphatic carbocycles. The Labute approximate surface area is 202 Å². The highest BCUT2D eigenvalue weighted by atomic mass is 32.1. The highest BCUT2D eigenvalue weighted by Crippen LogP contribution is 2.41. The molecule has 3 aromatic rings. The normalized spacial score (nSPS) is 18.1. The topological polar surface area (TPSA) is 45.6 Å². The summed E-state index contributed by atoms with van der Waals surface area (Å²) in [5.41, 5.74) is 5.82. The van der Waals surface area contributed by atoms with Crippen LogP contribution in [0.2, 0.25) is 0 Å². The minimum atomic E-state index is 0.00266. The van der Waals surface area contributed by atoms with E-state index in [1.807, 2.05) is 30.5 Å². The smallest absolute Gasteiger partial charge is 0.170 e. The van der Waals surface area contributed by atoms with Crippen LogP contribution in [0, 0.1) is 13.8 Å². The number of pyridine rings is 1.